The maximum absolute atomic E-state index is 13.1. The zero-order valence-corrected chi connectivity index (χ0v) is 18.3. The van der Waals surface area contributed by atoms with Crippen molar-refractivity contribution >= 4 is 22.4 Å². The number of rotatable bonds is 5. The highest BCUT2D eigenvalue weighted by Crippen LogP contribution is 2.61. The summed E-state index contributed by atoms with van der Waals surface area (Å²) in [6, 6.07) is 13.2. The number of fused-ring (bicyclic) bond motifs is 1. The molecule has 1 aromatic carbocycles. The molecule has 0 unspecified atom stereocenters. The van der Waals surface area contributed by atoms with E-state index in [1.54, 1.807) is 17.0 Å². The Hall–Kier alpha value is -2.95. The zero-order valence-electron chi connectivity index (χ0n) is 18.3. The number of carbonyl (C=O) groups is 1. The third-order valence-electron chi connectivity index (χ3n) is 8.05. The summed E-state index contributed by atoms with van der Waals surface area (Å²) < 4.78 is 1.67. The van der Waals surface area contributed by atoms with Gasteiger partial charge in [-0.2, -0.15) is 0 Å². The third-order valence-corrected chi connectivity index (χ3v) is 8.05. The lowest BCUT2D eigenvalue weighted by Crippen LogP contribution is -2.47. The second-order valence-corrected chi connectivity index (χ2v) is 10.5. The molecule has 2 aromatic heterocycles. The smallest absolute Gasteiger partial charge is 0.258 e. The lowest BCUT2D eigenvalue weighted by atomic mass is 9.49. The van der Waals surface area contributed by atoms with Crippen molar-refractivity contribution in [1.82, 2.24) is 9.55 Å². The third kappa shape index (κ3) is 3.54. The largest absolute Gasteiger partial charge is 0.325 e. The molecular formula is C27H29N3O2. The Morgan fingerprint density at radius 1 is 0.969 bits per heavy atom. The van der Waals surface area contributed by atoms with Crippen LogP contribution in [0.2, 0.25) is 0 Å². The van der Waals surface area contributed by atoms with E-state index in [1.807, 2.05) is 42.5 Å². The minimum Gasteiger partial charge on any atom is -0.325 e. The number of amides is 1. The predicted octanol–water partition coefficient (Wildman–Crippen LogP) is 4.99. The van der Waals surface area contributed by atoms with Crippen LogP contribution in [0.15, 0.2) is 59.7 Å². The second kappa shape index (κ2) is 7.58. The number of hydrogen-bond donors (Lipinski definition) is 1. The summed E-state index contributed by atoms with van der Waals surface area (Å²) in [4.78, 5) is 30.5. The van der Waals surface area contributed by atoms with Crippen molar-refractivity contribution in [3.05, 3.63) is 70.9 Å². The van der Waals surface area contributed by atoms with Gasteiger partial charge in [0.15, 0.2) is 0 Å². The van der Waals surface area contributed by atoms with E-state index >= 15 is 0 Å². The molecule has 1 N–H and O–H groups in total. The molecule has 2 heterocycles. The molecule has 0 aliphatic heterocycles. The van der Waals surface area contributed by atoms with Crippen LogP contribution >= 0.6 is 0 Å². The van der Waals surface area contributed by atoms with Crippen LogP contribution in [-0.4, -0.2) is 15.5 Å². The molecular weight excluding hydrogens is 398 g/mol. The maximum Gasteiger partial charge on any atom is 0.258 e. The highest BCUT2D eigenvalue weighted by Gasteiger charge is 2.51. The molecule has 32 heavy (non-hydrogen) atoms. The Morgan fingerprint density at radius 3 is 2.41 bits per heavy atom. The highest BCUT2D eigenvalue weighted by molar-refractivity contribution is 6.02. The zero-order chi connectivity index (χ0) is 21.7. The quantitative estimate of drug-likeness (QED) is 0.624. The van der Waals surface area contributed by atoms with E-state index in [9.17, 15) is 9.59 Å². The van der Waals surface area contributed by atoms with Crippen molar-refractivity contribution in [3.63, 3.8) is 0 Å². The fourth-order valence-electron chi connectivity index (χ4n) is 7.26. The fraction of sp³-hybridized carbons (Fsp3) is 0.444. The van der Waals surface area contributed by atoms with Gasteiger partial charge in [-0.15, -0.1) is 0 Å². The first-order valence-corrected chi connectivity index (χ1v) is 11.9. The van der Waals surface area contributed by atoms with Crippen molar-refractivity contribution in [1.29, 1.82) is 0 Å². The highest BCUT2D eigenvalue weighted by atomic mass is 16.1. The van der Waals surface area contributed by atoms with Gasteiger partial charge in [-0.05, 0) is 92.0 Å². The molecule has 4 aliphatic rings. The molecule has 4 aliphatic carbocycles. The van der Waals surface area contributed by atoms with Crippen LogP contribution in [-0.2, 0) is 11.3 Å². The summed E-state index contributed by atoms with van der Waals surface area (Å²) in [5, 5.41) is 4.58. The number of pyridine rings is 2. The average Bonchev–Trinajstić information content (AvgIpc) is 2.75. The van der Waals surface area contributed by atoms with E-state index in [4.69, 9.17) is 0 Å². The summed E-state index contributed by atoms with van der Waals surface area (Å²) in [6.07, 6.45) is 12.0. The topological polar surface area (TPSA) is 64.0 Å². The standard InChI is InChI=1S/C27H29N3O2/c31-25(16-27-13-18-10-19(14-27)12-20(11-18)15-27)29-24-6-3-5-23-22(24)7-9-30(26(23)32)17-21-4-1-2-8-28-21/h1-9,18-20H,10-17H2,(H,29,31). The molecule has 0 spiro atoms. The number of nitrogens with zero attached hydrogens (tertiary/aromatic N) is 2. The van der Waals surface area contributed by atoms with Crippen molar-refractivity contribution in [3.8, 4) is 0 Å². The number of aromatic nitrogens is 2. The molecule has 0 radical (unpaired) electrons. The molecule has 4 fully saturated rings. The molecule has 164 valence electrons. The predicted molar refractivity (Wildman–Crippen MR) is 125 cm³/mol. The van der Waals surface area contributed by atoms with E-state index in [0.717, 1.165) is 34.5 Å². The maximum atomic E-state index is 13.1. The fourth-order valence-corrected chi connectivity index (χ4v) is 7.26. The monoisotopic (exact) mass is 427 g/mol. The minimum atomic E-state index is -0.0645. The van der Waals surface area contributed by atoms with Crippen molar-refractivity contribution in [2.45, 2.75) is 51.5 Å². The van der Waals surface area contributed by atoms with Crippen LogP contribution in [0, 0.1) is 23.2 Å². The van der Waals surface area contributed by atoms with E-state index < -0.39 is 0 Å². The number of carbonyl (C=O) groups excluding carboxylic acids is 1. The van der Waals surface area contributed by atoms with Crippen LogP contribution in [0.1, 0.15) is 50.6 Å². The Morgan fingerprint density at radius 2 is 1.72 bits per heavy atom. The number of hydrogen-bond acceptors (Lipinski definition) is 3. The molecule has 3 aromatic rings. The molecule has 5 nitrogen and oxygen atoms in total. The summed E-state index contributed by atoms with van der Waals surface area (Å²) in [5.41, 5.74) is 1.72. The minimum absolute atomic E-state index is 0.0645. The van der Waals surface area contributed by atoms with Crippen LogP contribution in [0.3, 0.4) is 0 Å². The molecule has 1 amide bonds. The lowest BCUT2D eigenvalue weighted by Gasteiger charge is -2.56. The van der Waals surface area contributed by atoms with Crippen LogP contribution < -0.4 is 10.9 Å². The van der Waals surface area contributed by atoms with Gasteiger partial charge in [-0.1, -0.05) is 12.1 Å². The first-order valence-electron chi connectivity index (χ1n) is 11.9. The van der Waals surface area contributed by atoms with E-state index in [0.29, 0.717) is 18.4 Å². The normalized spacial score (nSPS) is 28.2. The molecule has 0 saturated heterocycles. The first-order chi connectivity index (χ1) is 15.6. The Balaban J connectivity index is 1.23. The van der Waals surface area contributed by atoms with Gasteiger partial charge in [-0.3, -0.25) is 14.6 Å². The molecule has 0 atom stereocenters. The second-order valence-electron chi connectivity index (χ2n) is 10.5. The van der Waals surface area contributed by atoms with E-state index in [1.165, 1.54) is 38.5 Å². The van der Waals surface area contributed by atoms with Crippen molar-refractivity contribution in [2.75, 3.05) is 5.32 Å². The van der Waals surface area contributed by atoms with Gasteiger partial charge >= 0.3 is 0 Å². The van der Waals surface area contributed by atoms with Crippen molar-refractivity contribution < 1.29 is 4.79 Å². The number of anilines is 1. The van der Waals surface area contributed by atoms with Gasteiger partial charge < -0.3 is 9.88 Å². The Kier molecular flexibility index (Phi) is 4.67. The Bertz CT molecular complexity index is 1200. The SMILES string of the molecule is O=C(CC12CC3CC(CC(C3)C1)C2)Nc1cccc2c(=O)n(Cc3ccccn3)ccc12. The molecule has 5 heteroatoms. The molecule has 4 bridgehead atoms. The van der Waals surface area contributed by atoms with Gasteiger partial charge in [0, 0.05) is 35.3 Å². The molecule has 4 saturated carbocycles. The first kappa shape index (κ1) is 19.7. The summed E-state index contributed by atoms with van der Waals surface area (Å²) >= 11 is 0. The van der Waals surface area contributed by atoms with Crippen LogP contribution in [0.5, 0.6) is 0 Å². The van der Waals surface area contributed by atoms with E-state index in [2.05, 4.69) is 10.3 Å². The van der Waals surface area contributed by atoms with Crippen molar-refractivity contribution in [2.24, 2.45) is 23.2 Å². The van der Waals surface area contributed by atoms with Gasteiger partial charge in [0.2, 0.25) is 5.91 Å². The summed E-state index contributed by atoms with van der Waals surface area (Å²) in [7, 11) is 0. The summed E-state index contributed by atoms with van der Waals surface area (Å²) in [5.74, 6) is 2.61. The van der Waals surface area contributed by atoms with Gasteiger partial charge in [-0.25, -0.2) is 0 Å². The summed E-state index contributed by atoms with van der Waals surface area (Å²) in [6.45, 7) is 0.429. The number of nitrogens with one attached hydrogen (secondary N) is 1. The lowest BCUT2D eigenvalue weighted by molar-refractivity contribution is -0.124. The number of benzene rings is 1. The van der Waals surface area contributed by atoms with Gasteiger partial charge in [0.25, 0.3) is 5.56 Å². The Labute approximate surface area is 187 Å². The van der Waals surface area contributed by atoms with Crippen LogP contribution in [0.4, 0.5) is 5.69 Å². The van der Waals surface area contributed by atoms with Gasteiger partial charge in [0.1, 0.15) is 0 Å². The molecule has 7 rings (SSSR count). The van der Waals surface area contributed by atoms with E-state index in [-0.39, 0.29) is 16.9 Å². The van der Waals surface area contributed by atoms with Gasteiger partial charge in [0.05, 0.1) is 12.2 Å². The van der Waals surface area contributed by atoms with Crippen LogP contribution in [0.25, 0.3) is 10.8 Å². The average molecular weight is 428 g/mol.